The van der Waals surface area contributed by atoms with Crippen LogP contribution in [0.25, 0.3) is 0 Å². The molecule has 4 heterocycles. The minimum atomic E-state index is -1.92. The van der Waals surface area contributed by atoms with Crippen molar-refractivity contribution >= 4 is 88.9 Å². The number of epoxide rings is 1. The van der Waals surface area contributed by atoms with Crippen LogP contribution in [-0.2, 0) is 65.4 Å². The van der Waals surface area contributed by atoms with E-state index < -0.39 is 126 Å². The Kier molecular flexibility index (Phi) is 26.0. The SMILES string of the molecule is COc1cc2cc(c1Cl)N(C)C(=O)C[C@H](OC(=O)[C@H](C)N(C)C(=O)CCOC(=O)N(C)CCN(C)C(=O)OCc1ccc(OC(=O)NC3CCCC/C=C/[C@@H]3N)c(C(=O)NCCN3C(=O)CC(SC)C3=O)c1)[C@]1(C)O[C@H]1[C@H](C)[C@@H]1C[C@@](O)(NC(=O)O1)[C@H](OC)/C=C/C=C(\C)C2. The number of nitrogens with one attached hydrogen (secondary N) is 3. The normalized spacial score (nSPS) is 26.9. The number of methoxy groups -OCH3 is 2. The van der Waals surface area contributed by atoms with Crippen LogP contribution in [-0.4, -0.2) is 225 Å². The van der Waals surface area contributed by atoms with E-state index in [0.29, 0.717) is 29.8 Å². The number of aliphatic hydroxyl groups is 1. The number of carbonyl (C=O) groups is 10. The Hall–Kier alpha value is -7.96. The number of benzene rings is 2. The molecule has 7 rings (SSSR count). The smallest absolute Gasteiger partial charge is 0.412 e. The number of hydrogen-bond donors (Lipinski definition) is 5. The molecule has 2 aromatic rings. The molecule has 3 fully saturated rings. The van der Waals surface area contributed by atoms with Crippen LogP contribution in [0, 0.1) is 5.92 Å². The lowest BCUT2D eigenvalue weighted by atomic mass is 9.83. The highest BCUT2D eigenvalue weighted by atomic mass is 35.5. The maximum Gasteiger partial charge on any atom is 0.412 e. The van der Waals surface area contributed by atoms with Crippen LogP contribution in [0.3, 0.4) is 0 Å². The van der Waals surface area contributed by atoms with E-state index in [1.165, 1.54) is 94.0 Å². The average molecular weight is 1370 g/mol. The number of likely N-dealkylation sites (tertiary alicyclic amines) is 1. The first kappa shape index (κ1) is 74.4. The number of imide groups is 1. The van der Waals surface area contributed by atoms with Gasteiger partial charge in [-0.1, -0.05) is 67.0 Å². The summed E-state index contributed by atoms with van der Waals surface area (Å²) in [5, 5.41) is 19.5. The molecule has 28 nitrogen and oxygen atoms in total. The van der Waals surface area contributed by atoms with Gasteiger partial charge in [-0.3, -0.25) is 34.2 Å². The highest BCUT2D eigenvalue weighted by molar-refractivity contribution is 8.00. The van der Waals surface area contributed by atoms with Crippen LogP contribution in [0.4, 0.5) is 24.9 Å². The van der Waals surface area contributed by atoms with Gasteiger partial charge in [-0.15, -0.1) is 0 Å². The van der Waals surface area contributed by atoms with Crippen molar-refractivity contribution in [1.29, 1.82) is 0 Å². The number of rotatable bonds is 20. The fraction of sp³-hybridized carbons (Fsp3) is 0.569. The summed E-state index contributed by atoms with van der Waals surface area (Å²) in [5.41, 5.74) is 5.17. The maximum absolute atomic E-state index is 14.4. The Morgan fingerprint density at radius 1 is 0.968 bits per heavy atom. The first-order valence-electron chi connectivity index (χ1n) is 31.3. The zero-order valence-electron chi connectivity index (χ0n) is 55.5. The van der Waals surface area contributed by atoms with E-state index in [2.05, 4.69) is 16.0 Å². The van der Waals surface area contributed by atoms with Gasteiger partial charge in [0, 0.05) is 86.3 Å². The molecule has 11 atom stereocenters. The van der Waals surface area contributed by atoms with E-state index in [4.69, 9.17) is 55.2 Å². The Balaban J connectivity index is 0.930. The molecule has 4 bridgehead atoms. The fourth-order valence-electron chi connectivity index (χ4n) is 11.5. The Bertz CT molecular complexity index is 3300. The number of likely N-dealkylation sites (N-methyl/N-ethyl adjacent to an activating group) is 3. The molecule has 0 saturated carbocycles. The molecule has 520 valence electrons. The number of esters is 1. The molecule has 95 heavy (non-hydrogen) atoms. The zero-order chi connectivity index (χ0) is 69.6. The largest absolute Gasteiger partial charge is 0.495 e. The minimum absolute atomic E-state index is 0.0389. The van der Waals surface area contributed by atoms with Crippen LogP contribution < -0.4 is 36.1 Å². The average Bonchev–Trinajstić information content (AvgIpc) is 1.59. The molecule has 2 unspecified atom stereocenters. The third-order valence-electron chi connectivity index (χ3n) is 17.7. The number of halogens is 1. The van der Waals surface area contributed by atoms with Crippen molar-refractivity contribution in [3.05, 3.63) is 88.0 Å². The molecule has 6 N–H and O–H groups in total. The van der Waals surface area contributed by atoms with Crippen molar-refractivity contribution in [3.8, 4) is 11.5 Å². The van der Waals surface area contributed by atoms with E-state index in [9.17, 15) is 53.1 Å². The second-order valence-corrected chi connectivity index (χ2v) is 25.9. The second-order valence-electron chi connectivity index (χ2n) is 24.5. The molecule has 0 aromatic heterocycles. The van der Waals surface area contributed by atoms with Crippen molar-refractivity contribution in [3.63, 3.8) is 0 Å². The van der Waals surface area contributed by atoms with Crippen LogP contribution in [0.15, 0.2) is 66.3 Å². The van der Waals surface area contributed by atoms with Crippen LogP contribution in [0.2, 0.25) is 5.02 Å². The molecule has 4 aliphatic heterocycles. The van der Waals surface area contributed by atoms with Gasteiger partial charge in [0.05, 0.1) is 48.6 Å². The summed E-state index contributed by atoms with van der Waals surface area (Å²) in [6.45, 7) is 5.69. The van der Waals surface area contributed by atoms with Crippen molar-refractivity contribution in [2.24, 2.45) is 11.7 Å². The molecular weight excluding hydrogens is 1280 g/mol. The quantitative estimate of drug-likeness (QED) is 0.0365. The van der Waals surface area contributed by atoms with Crippen LogP contribution >= 0.6 is 23.4 Å². The van der Waals surface area contributed by atoms with Crippen LogP contribution in [0.1, 0.15) is 101 Å². The van der Waals surface area contributed by atoms with E-state index in [-0.39, 0.29) is 80.2 Å². The summed E-state index contributed by atoms with van der Waals surface area (Å²) in [6, 6.07) is 5.58. The maximum atomic E-state index is 14.4. The number of carbonyl (C=O) groups excluding carboxylic acids is 10. The molecule has 30 heteroatoms. The number of ether oxygens (including phenoxy) is 8. The van der Waals surface area contributed by atoms with Gasteiger partial charge in [-0.25, -0.2) is 24.0 Å². The molecule has 0 spiro atoms. The highest BCUT2D eigenvalue weighted by Crippen LogP contribution is 2.49. The third-order valence-corrected chi connectivity index (χ3v) is 19.0. The van der Waals surface area contributed by atoms with Gasteiger partial charge in [0.1, 0.15) is 59.7 Å². The van der Waals surface area contributed by atoms with E-state index >= 15 is 0 Å². The predicted octanol–water partition coefficient (Wildman–Crippen LogP) is 5.38. The van der Waals surface area contributed by atoms with E-state index in [1.807, 2.05) is 25.2 Å². The molecular formula is C65H88ClN9O19S. The topological polar surface area (TPSA) is 346 Å². The number of nitrogens with zero attached hydrogens (tertiary/aromatic N) is 5. The summed E-state index contributed by atoms with van der Waals surface area (Å²) in [7, 11) is 8.57. The van der Waals surface area contributed by atoms with Gasteiger partial charge in [-0.2, -0.15) is 11.8 Å². The second kappa shape index (κ2) is 33.1. The number of amides is 9. The van der Waals surface area contributed by atoms with Gasteiger partial charge in [0.2, 0.25) is 23.6 Å². The van der Waals surface area contributed by atoms with Gasteiger partial charge >= 0.3 is 30.3 Å². The van der Waals surface area contributed by atoms with Crippen molar-refractivity contribution < 1.29 is 90.9 Å². The van der Waals surface area contributed by atoms with Gasteiger partial charge < -0.3 is 79.0 Å². The molecule has 2 aromatic carbocycles. The van der Waals surface area contributed by atoms with Gasteiger partial charge in [0.25, 0.3) is 5.91 Å². The first-order valence-corrected chi connectivity index (χ1v) is 33.0. The number of anilines is 1. The Labute approximate surface area is 561 Å². The highest BCUT2D eigenvalue weighted by Gasteiger charge is 2.64. The predicted molar refractivity (Wildman–Crippen MR) is 348 cm³/mol. The zero-order valence-corrected chi connectivity index (χ0v) is 57.0. The Morgan fingerprint density at radius 2 is 1.68 bits per heavy atom. The third kappa shape index (κ3) is 19.0. The number of hydrogen-bond acceptors (Lipinski definition) is 21. The summed E-state index contributed by atoms with van der Waals surface area (Å²) in [6.07, 6.45) is 5.96. The summed E-state index contributed by atoms with van der Waals surface area (Å²) < 4.78 is 46.0. The molecule has 5 aliphatic rings. The summed E-state index contributed by atoms with van der Waals surface area (Å²) in [4.78, 5) is 140. The lowest BCUT2D eigenvalue weighted by Gasteiger charge is -2.42. The van der Waals surface area contributed by atoms with Gasteiger partial charge in [0.15, 0.2) is 5.72 Å². The van der Waals surface area contributed by atoms with Crippen molar-refractivity contribution in [2.45, 2.75) is 151 Å². The first-order chi connectivity index (χ1) is 45.0. The molecule has 9 amide bonds. The van der Waals surface area contributed by atoms with Crippen molar-refractivity contribution in [2.75, 3.05) is 86.4 Å². The number of fused-ring (bicyclic) bond motifs is 5. The summed E-state index contributed by atoms with van der Waals surface area (Å²) in [5.74, 6) is -3.92. The van der Waals surface area contributed by atoms with E-state index in [0.717, 1.165) is 40.2 Å². The number of alkyl carbamates (subject to hydrolysis) is 1. The molecule has 1 aliphatic carbocycles. The van der Waals surface area contributed by atoms with E-state index in [1.54, 1.807) is 44.4 Å². The fourth-order valence-corrected chi connectivity index (χ4v) is 12.5. The van der Waals surface area contributed by atoms with Crippen LogP contribution in [0.5, 0.6) is 11.5 Å². The van der Waals surface area contributed by atoms with Crippen molar-refractivity contribution in [1.82, 2.24) is 35.6 Å². The van der Waals surface area contributed by atoms with Gasteiger partial charge in [-0.05, 0) is 88.1 Å². The minimum Gasteiger partial charge on any atom is -0.495 e. The summed E-state index contributed by atoms with van der Waals surface area (Å²) >= 11 is 8.10. The monoisotopic (exact) mass is 1370 g/mol. The number of allylic oxidation sites excluding steroid dienone is 4. The lowest BCUT2D eigenvalue weighted by Crippen LogP contribution is -2.63. The standard InChI is InChI=1S/C65H88ClN9O19S/c1-37-17-16-20-50(88-10)65(86)35-48(92-61(83)70-65)38(2)56-64(4,94-56)51(34-53(77)74(8)45-31-41(29-37)32-47(87-9)55(45)66)93-59(81)39(3)73(7)52(76)23-28-89-62(84)71(5)26-27-72(6)63(85)90-36-40-21-22-46(91-60(82)69-44-19-15-13-12-14-18-43(44)67)42(30-40)57(79)68-24-25-75-54(78)33-49(95-11)58(75)80/h14,16-18,20-22,30-32,38-39,43-44,48-51,56,86H,12-13,15,19,23-29,33-36,67H2,1-11H3,(H,68,79)(H,69,82)(H,70,83)/b18-14+,20-16+,37-17+/t38-,39+,43+,44?,48+,49?,50-,51+,56+,64+,65+/m1/s1. The molecule has 0 radical (unpaired) electrons. The lowest BCUT2D eigenvalue weighted by molar-refractivity contribution is -0.162. The molecule has 3 saturated heterocycles. The number of nitrogens with two attached hydrogens (primary N) is 1. The Morgan fingerprint density at radius 3 is 2.37 bits per heavy atom. The number of thioether (sulfide) groups is 1.